The first-order valence-electron chi connectivity index (χ1n) is 4.75. The minimum Gasteiger partial charge on any atom is -0.405 e. The molecule has 0 bridgehead atoms. The van der Waals surface area contributed by atoms with Crippen molar-refractivity contribution in [2.45, 2.75) is 19.7 Å². The SMILES string of the molecule is Cc1ccc(CC(=O)CCl)c(OC(F)(F)F)c1. The van der Waals surface area contributed by atoms with Crippen LogP contribution in [0.15, 0.2) is 18.2 Å². The molecule has 6 heteroatoms. The Kier molecular flexibility index (Phi) is 4.40. The Labute approximate surface area is 101 Å². The van der Waals surface area contributed by atoms with Gasteiger partial charge in [-0.25, -0.2) is 0 Å². The molecule has 0 aromatic heterocycles. The summed E-state index contributed by atoms with van der Waals surface area (Å²) in [7, 11) is 0. The van der Waals surface area contributed by atoms with Crippen molar-refractivity contribution in [3.05, 3.63) is 29.3 Å². The number of hydrogen-bond donors (Lipinski definition) is 0. The van der Waals surface area contributed by atoms with Crippen molar-refractivity contribution in [2.24, 2.45) is 0 Å². The fourth-order valence-electron chi connectivity index (χ4n) is 1.29. The summed E-state index contributed by atoms with van der Waals surface area (Å²) < 4.78 is 40.3. The van der Waals surface area contributed by atoms with Crippen LogP contribution in [0.5, 0.6) is 5.75 Å². The Hall–Kier alpha value is -1.23. The van der Waals surface area contributed by atoms with E-state index in [-0.39, 0.29) is 29.4 Å². The molecule has 0 saturated heterocycles. The number of carbonyl (C=O) groups is 1. The van der Waals surface area contributed by atoms with Gasteiger partial charge in [-0.3, -0.25) is 4.79 Å². The fourth-order valence-corrected chi connectivity index (χ4v) is 1.38. The van der Waals surface area contributed by atoms with Gasteiger partial charge >= 0.3 is 6.36 Å². The van der Waals surface area contributed by atoms with Crippen LogP contribution in [0.25, 0.3) is 0 Å². The van der Waals surface area contributed by atoms with E-state index < -0.39 is 6.36 Å². The number of Topliss-reactive ketones (excluding diaryl/α,β-unsaturated/α-hetero) is 1. The largest absolute Gasteiger partial charge is 0.573 e. The highest BCUT2D eigenvalue weighted by atomic mass is 35.5. The van der Waals surface area contributed by atoms with Crippen molar-refractivity contribution < 1.29 is 22.7 Å². The van der Waals surface area contributed by atoms with Crippen molar-refractivity contribution in [2.75, 3.05) is 5.88 Å². The zero-order valence-corrected chi connectivity index (χ0v) is 9.73. The minimum absolute atomic E-state index is 0.171. The molecular weight excluding hydrogens is 257 g/mol. The monoisotopic (exact) mass is 266 g/mol. The van der Waals surface area contributed by atoms with Gasteiger partial charge in [-0.1, -0.05) is 12.1 Å². The van der Waals surface area contributed by atoms with Gasteiger partial charge in [0.1, 0.15) is 5.75 Å². The molecule has 0 radical (unpaired) electrons. The van der Waals surface area contributed by atoms with Crippen molar-refractivity contribution in [1.82, 2.24) is 0 Å². The molecule has 0 amide bonds. The lowest BCUT2D eigenvalue weighted by molar-refractivity contribution is -0.274. The number of hydrogen-bond acceptors (Lipinski definition) is 2. The molecular formula is C11H10ClF3O2. The summed E-state index contributed by atoms with van der Waals surface area (Å²) in [5, 5.41) is 0. The van der Waals surface area contributed by atoms with E-state index >= 15 is 0 Å². The molecule has 0 aliphatic carbocycles. The molecule has 0 unspecified atom stereocenters. The van der Waals surface area contributed by atoms with Gasteiger partial charge in [0, 0.05) is 12.0 Å². The second-order valence-corrected chi connectivity index (χ2v) is 3.78. The van der Waals surface area contributed by atoms with Crippen molar-refractivity contribution in [1.29, 1.82) is 0 Å². The zero-order chi connectivity index (χ0) is 13.1. The lowest BCUT2D eigenvalue weighted by atomic mass is 10.1. The van der Waals surface area contributed by atoms with Gasteiger partial charge < -0.3 is 4.74 Å². The van der Waals surface area contributed by atoms with Gasteiger partial charge in [0.25, 0.3) is 0 Å². The van der Waals surface area contributed by atoms with Crippen LogP contribution < -0.4 is 4.74 Å². The first kappa shape index (κ1) is 13.8. The smallest absolute Gasteiger partial charge is 0.405 e. The second kappa shape index (κ2) is 5.40. The molecule has 0 fully saturated rings. The third kappa shape index (κ3) is 4.65. The topological polar surface area (TPSA) is 26.3 Å². The van der Waals surface area contributed by atoms with Crippen LogP contribution in [0.1, 0.15) is 11.1 Å². The van der Waals surface area contributed by atoms with E-state index in [4.69, 9.17) is 11.6 Å². The van der Waals surface area contributed by atoms with Gasteiger partial charge in [-0.2, -0.15) is 0 Å². The quantitative estimate of drug-likeness (QED) is 0.782. The Morgan fingerprint density at radius 1 is 1.41 bits per heavy atom. The van der Waals surface area contributed by atoms with Crippen molar-refractivity contribution in [3.63, 3.8) is 0 Å². The van der Waals surface area contributed by atoms with Gasteiger partial charge in [-0.15, -0.1) is 24.8 Å². The van der Waals surface area contributed by atoms with Crippen LogP contribution in [0.3, 0.4) is 0 Å². The molecule has 94 valence electrons. The maximum atomic E-state index is 12.1. The predicted octanol–water partition coefficient (Wildman–Crippen LogP) is 3.24. The molecule has 0 aliphatic heterocycles. The van der Waals surface area contributed by atoms with E-state index in [1.165, 1.54) is 12.1 Å². The second-order valence-electron chi connectivity index (χ2n) is 3.51. The minimum atomic E-state index is -4.77. The van der Waals surface area contributed by atoms with Crippen LogP contribution >= 0.6 is 11.6 Å². The van der Waals surface area contributed by atoms with E-state index in [9.17, 15) is 18.0 Å². The van der Waals surface area contributed by atoms with Crippen molar-refractivity contribution in [3.8, 4) is 5.75 Å². The van der Waals surface area contributed by atoms with Crippen LogP contribution in [0.2, 0.25) is 0 Å². The number of aryl methyl sites for hydroxylation is 1. The molecule has 0 saturated carbocycles. The highest BCUT2D eigenvalue weighted by molar-refractivity contribution is 6.27. The molecule has 2 nitrogen and oxygen atoms in total. The summed E-state index contributed by atoms with van der Waals surface area (Å²) in [5.41, 5.74) is 0.796. The Morgan fingerprint density at radius 2 is 2.06 bits per heavy atom. The van der Waals surface area contributed by atoms with Crippen LogP contribution in [0, 0.1) is 6.92 Å². The zero-order valence-electron chi connectivity index (χ0n) is 8.97. The standard InChI is InChI=1S/C11H10ClF3O2/c1-7-2-3-8(5-9(16)6-12)10(4-7)17-11(13,14)15/h2-4H,5-6H2,1H3. The third-order valence-electron chi connectivity index (χ3n) is 1.99. The van der Waals surface area contributed by atoms with Crippen LogP contribution in [-0.4, -0.2) is 18.0 Å². The Bertz CT molecular complexity index is 416. The van der Waals surface area contributed by atoms with Crippen molar-refractivity contribution >= 4 is 17.4 Å². The molecule has 1 aromatic rings. The highest BCUT2D eigenvalue weighted by Crippen LogP contribution is 2.28. The molecule has 0 atom stereocenters. The number of halogens is 4. The summed E-state index contributed by atoms with van der Waals surface area (Å²) in [4.78, 5) is 11.1. The van der Waals surface area contributed by atoms with E-state index in [0.29, 0.717) is 5.56 Å². The van der Waals surface area contributed by atoms with Gasteiger partial charge in [0.15, 0.2) is 5.78 Å². The molecule has 0 aliphatic rings. The van der Waals surface area contributed by atoms with E-state index in [1.54, 1.807) is 13.0 Å². The van der Waals surface area contributed by atoms with Gasteiger partial charge in [0.05, 0.1) is 5.88 Å². The van der Waals surface area contributed by atoms with Crippen LogP contribution in [-0.2, 0) is 11.2 Å². The predicted molar refractivity (Wildman–Crippen MR) is 57.3 cm³/mol. The molecule has 0 N–H and O–H groups in total. The third-order valence-corrected chi connectivity index (χ3v) is 2.28. The molecule has 1 aromatic carbocycles. The first-order valence-corrected chi connectivity index (χ1v) is 5.28. The summed E-state index contributed by atoms with van der Waals surface area (Å²) in [6.07, 6.45) is -4.94. The lowest BCUT2D eigenvalue weighted by Gasteiger charge is -2.13. The average Bonchev–Trinajstić information content (AvgIpc) is 2.19. The molecule has 1 rings (SSSR count). The fraction of sp³-hybridized carbons (Fsp3) is 0.364. The maximum Gasteiger partial charge on any atom is 0.573 e. The van der Waals surface area contributed by atoms with E-state index in [0.717, 1.165) is 0 Å². The van der Waals surface area contributed by atoms with E-state index in [2.05, 4.69) is 4.74 Å². The summed E-state index contributed by atoms with van der Waals surface area (Å²) >= 11 is 5.31. The molecule has 0 heterocycles. The summed E-state index contributed by atoms with van der Waals surface area (Å²) in [6, 6.07) is 4.28. The number of carbonyl (C=O) groups excluding carboxylic acids is 1. The molecule has 17 heavy (non-hydrogen) atoms. The van der Waals surface area contributed by atoms with Gasteiger partial charge in [0.2, 0.25) is 0 Å². The van der Waals surface area contributed by atoms with Gasteiger partial charge in [-0.05, 0) is 18.6 Å². The number of rotatable bonds is 4. The number of alkyl halides is 4. The first-order chi connectivity index (χ1) is 7.81. The average molecular weight is 267 g/mol. The molecule has 0 spiro atoms. The number of benzene rings is 1. The lowest BCUT2D eigenvalue weighted by Crippen LogP contribution is -2.19. The van der Waals surface area contributed by atoms with Crippen LogP contribution in [0.4, 0.5) is 13.2 Å². The summed E-state index contributed by atoms with van der Waals surface area (Å²) in [5.74, 6) is -0.946. The van der Waals surface area contributed by atoms with E-state index in [1.807, 2.05) is 0 Å². The number of ether oxygens (including phenoxy) is 1. The Balaban J connectivity index is 2.99. The number of ketones is 1. The summed E-state index contributed by atoms with van der Waals surface area (Å²) in [6.45, 7) is 1.64. The maximum absolute atomic E-state index is 12.1. The highest BCUT2D eigenvalue weighted by Gasteiger charge is 2.32. The normalized spacial score (nSPS) is 11.4. The Morgan fingerprint density at radius 3 is 2.59 bits per heavy atom.